The molecule has 2 heterocycles. The summed E-state index contributed by atoms with van der Waals surface area (Å²) in [6.45, 7) is 2.92. The van der Waals surface area contributed by atoms with Crippen molar-refractivity contribution >= 4 is 11.8 Å². The molecule has 2 fully saturated rings. The number of esters is 1. The normalized spacial score (nSPS) is 31.3. The summed E-state index contributed by atoms with van der Waals surface area (Å²) >= 11 is 0. The zero-order valence-electron chi connectivity index (χ0n) is 11.4. The van der Waals surface area contributed by atoms with Gasteiger partial charge in [-0.1, -0.05) is 0 Å². The number of anilines is 1. The van der Waals surface area contributed by atoms with Gasteiger partial charge in [0.2, 0.25) is 0 Å². The third-order valence-electron chi connectivity index (χ3n) is 4.04. The molecular formula is C14H19N3O3. The fourth-order valence-electron chi connectivity index (χ4n) is 2.91. The number of aromatic nitrogens is 1. The van der Waals surface area contributed by atoms with Gasteiger partial charge in [0.05, 0.1) is 24.3 Å². The first kappa shape index (κ1) is 13.3. The van der Waals surface area contributed by atoms with Crippen molar-refractivity contribution < 1.29 is 14.3 Å². The van der Waals surface area contributed by atoms with Crippen molar-refractivity contribution in [3.8, 4) is 0 Å². The van der Waals surface area contributed by atoms with Gasteiger partial charge in [0.25, 0.3) is 0 Å². The maximum absolute atomic E-state index is 11.5. The number of hydrogen-bond donors (Lipinski definition) is 2. The summed E-state index contributed by atoms with van der Waals surface area (Å²) in [6, 6.07) is 3.67. The molecule has 4 unspecified atom stereocenters. The van der Waals surface area contributed by atoms with Crippen LogP contribution in [0, 0.1) is 5.92 Å². The van der Waals surface area contributed by atoms with E-state index in [4.69, 9.17) is 15.2 Å². The maximum Gasteiger partial charge on any atom is 0.339 e. The Morgan fingerprint density at radius 2 is 2.45 bits per heavy atom. The van der Waals surface area contributed by atoms with E-state index in [9.17, 15) is 4.79 Å². The molecule has 0 aromatic carbocycles. The minimum Gasteiger partial charge on any atom is -0.462 e. The first-order valence-corrected chi connectivity index (χ1v) is 6.97. The van der Waals surface area contributed by atoms with Crippen molar-refractivity contribution in [1.29, 1.82) is 0 Å². The van der Waals surface area contributed by atoms with E-state index in [1.54, 1.807) is 19.1 Å². The average molecular weight is 277 g/mol. The molecule has 1 aliphatic carbocycles. The Bertz CT molecular complexity index is 491. The Labute approximate surface area is 117 Å². The number of nitrogens with two attached hydrogens (primary N) is 1. The number of rotatable bonds is 4. The molecule has 0 radical (unpaired) electrons. The molecule has 1 aromatic heterocycles. The fraction of sp³-hybridized carbons (Fsp3) is 0.571. The smallest absolute Gasteiger partial charge is 0.339 e. The standard InChI is InChI=1S/C14H19N3O3/c1-2-19-14(18)8-3-4-10(16-7-8)17-12-11(15)9-5-6-20-13(9)12/h3-4,7,9,11-13H,2,5-6,15H2,1H3,(H,16,17). The quantitative estimate of drug-likeness (QED) is 0.791. The van der Waals surface area contributed by atoms with Gasteiger partial charge >= 0.3 is 5.97 Å². The van der Waals surface area contributed by atoms with Gasteiger partial charge in [-0.15, -0.1) is 0 Å². The van der Waals surface area contributed by atoms with E-state index >= 15 is 0 Å². The van der Waals surface area contributed by atoms with Gasteiger partial charge in [0, 0.05) is 24.8 Å². The molecule has 20 heavy (non-hydrogen) atoms. The first-order valence-electron chi connectivity index (χ1n) is 6.97. The lowest BCUT2D eigenvalue weighted by Gasteiger charge is -2.45. The van der Waals surface area contributed by atoms with Gasteiger partial charge < -0.3 is 20.5 Å². The number of carbonyl (C=O) groups excluding carboxylic acids is 1. The van der Waals surface area contributed by atoms with Crippen LogP contribution in [0.5, 0.6) is 0 Å². The lowest BCUT2D eigenvalue weighted by atomic mass is 9.72. The number of carbonyl (C=O) groups is 1. The Balaban J connectivity index is 1.62. The molecule has 4 atom stereocenters. The minimum atomic E-state index is -0.355. The van der Waals surface area contributed by atoms with Crippen LogP contribution in [0.3, 0.4) is 0 Å². The van der Waals surface area contributed by atoms with E-state index in [-0.39, 0.29) is 24.2 Å². The molecule has 1 saturated carbocycles. The highest BCUT2D eigenvalue weighted by Crippen LogP contribution is 2.39. The lowest BCUT2D eigenvalue weighted by Crippen LogP contribution is -2.65. The summed E-state index contributed by atoms with van der Waals surface area (Å²) in [5, 5.41) is 3.28. The van der Waals surface area contributed by atoms with Crippen LogP contribution in [0.4, 0.5) is 5.82 Å². The average Bonchev–Trinajstić information content (AvgIpc) is 2.90. The van der Waals surface area contributed by atoms with Crippen LogP contribution in [0.2, 0.25) is 0 Å². The molecular weight excluding hydrogens is 258 g/mol. The number of ether oxygens (including phenoxy) is 2. The molecule has 2 aliphatic rings. The highest BCUT2D eigenvalue weighted by Gasteiger charge is 2.52. The van der Waals surface area contributed by atoms with E-state index < -0.39 is 0 Å². The predicted molar refractivity (Wildman–Crippen MR) is 73.4 cm³/mol. The monoisotopic (exact) mass is 277 g/mol. The largest absolute Gasteiger partial charge is 0.462 e. The Hall–Kier alpha value is -1.66. The highest BCUT2D eigenvalue weighted by atomic mass is 16.5. The summed E-state index contributed by atoms with van der Waals surface area (Å²) in [5.74, 6) is 0.810. The molecule has 0 amide bonds. The van der Waals surface area contributed by atoms with Crippen LogP contribution >= 0.6 is 0 Å². The van der Waals surface area contributed by atoms with E-state index in [0.717, 1.165) is 13.0 Å². The van der Waals surface area contributed by atoms with Crippen LogP contribution in [-0.4, -0.2) is 42.4 Å². The van der Waals surface area contributed by atoms with Gasteiger partial charge in [0.1, 0.15) is 5.82 Å². The van der Waals surface area contributed by atoms with Crippen LogP contribution in [0.15, 0.2) is 18.3 Å². The molecule has 6 heteroatoms. The third-order valence-corrected chi connectivity index (χ3v) is 4.04. The molecule has 3 N–H and O–H groups in total. The van der Waals surface area contributed by atoms with Crippen LogP contribution in [0.1, 0.15) is 23.7 Å². The molecule has 3 rings (SSSR count). The summed E-state index contributed by atoms with van der Waals surface area (Å²) in [7, 11) is 0. The van der Waals surface area contributed by atoms with Crippen molar-refractivity contribution in [3.63, 3.8) is 0 Å². The Kier molecular flexibility index (Phi) is 3.58. The van der Waals surface area contributed by atoms with Crippen LogP contribution < -0.4 is 11.1 Å². The van der Waals surface area contributed by atoms with Crippen molar-refractivity contribution in [3.05, 3.63) is 23.9 Å². The number of pyridine rings is 1. The Morgan fingerprint density at radius 3 is 3.15 bits per heavy atom. The van der Waals surface area contributed by atoms with Crippen LogP contribution in [-0.2, 0) is 9.47 Å². The fourth-order valence-corrected chi connectivity index (χ4v) is 2.91. The molecule has 0 spiro atoms. The van der Waals surface area contributed by atoms with E-state index in [0.29, 0.717) is 23.9 Å². The SMILES string of the molecule is CCOC(=O)c1ccc(NC2C(N)C3CCOC32)nc1. The summed E-state index contributed by atoms with van der Waals surface area (Å²) in [4.78, 5) is 15.8. The maximum atomic E-state index is 11.5. The summed E-state index contributed by atoms with van der Waals surface area (Å²) in [6.07, 6.45) is 2.74. The van der Waals surface area contributed by atoms with Gasteiger partial charge in [-0.3, -0.25) is 0 Å². The highest BCUT2D eigenvalue weighted by molar-refractivity contribution is 5.89. The van der Waals surface area contributed by atoms with Gasteiger partial charge in [-0.05, 0) is 25.5 Å². The zero-order valence-corrected chi connectivity index (χ0v) is 11.4. The summed E-state index contributed by atoms with van der Waals surface area (Å²) in [5.41, 5.74) is 6.58. The van der Waals surface area contributed by atoms with Gasteiger partial charge in [-0.2, -0.15) is 0 Å². The van der Waals surface area contributed by atoms with Gasteiger partial charge in [-0.25, -0.2) is 9.78 Å². The topological polar surface area (TPSA) is 86.5 Å². The summed E-state index contributed by atoms with van der Waals surface area (Å²) < 4.78 is 10.6. The molecule has 108 valence electrons. The van der Waals surface area contributed by atoms with Crippen molar-refractivity contribution in [1.82, 2.24) is 4.98 Å². The van der Waals surface area contributed by atoms with Crippen LogP contribution in [0.25, 0.3) is 0 Å². The zero-order chi connectivity index (χ0) is 14.1. The van der Waals surface area contributed by atoms with E-state index in [1.165, 1.54) is 6.20 Å². The van der Waals surface area contributed by atoms with Gasteiger partial charge in [0.15, 0.2) is 0 Å². The second-order valence-corrected chi connectivity index (χ2v) is 5.19. The molecule has 1 aromatic rings. The molecule has 1 saturated heterocycles. The lowest BCUT2D eigenvalue weighted by molar-refractivity contribution is 0.00523. The molecule has 0 bridgehead atoms. The predicted octanol–water partition coefficient (Wildman–Crippen LogP) is 0.785. The number of fused-ring (bicyclic) bond motifs is 1. The number of nitrogens with zero attached hydrogens (tertiary/aromatic N) is 1. The second-order valence-electron chi connectivity index (χ2n) is 5.19. The van der Waals surface area contributed by atoms with Crippen molar-refractivity contribution in [2.24, 2.45) is 11.7 Å². The minimum absolute atomic E-state index is 0.100. The van der Waals surface area contributed by atoms with E-state index in [2.05, 4.69) is 10.3 Å². The third kappa shape index (κ3) is 2.25. The second kappa shape index (κ2) is 5.38. The first-order chi connectivity index (χ1) is 9.70. The number of nitrogens with one attached hydrogen (secondary N) is 1. The molecule has 6 nitrogen and oxygen atoms in total. The number of hydrogen-bond acceptors (Lipinski definition) is 6. The van der Waals surface area contributed by atoms with E-state index in [1.807, 2.05) is 0 Å². The molecule has 1 aliphatic heterocycles. The van der Waals surface area contributed by atoms with Crippen molar-refractivity contribution in [2.45, 2.75) is 31.5 Å². The Morgan fingerprint density at radius 1 is 1.60 bits per heavy atom. The van der Waals surface area contributed by atoms with Crippen molar-refractivity contribution in [2.75, 3.05) is 18.5 Å².